The average Bonchev–Trinajstić information content (AvgIpc) is 2.88. The van der Waals surface area contributed by atoms with E-state index < -0.39 is 0 Å². The minimum absolute atomic E-state index is 0.130. The van der Waals surface area contributed by atoms with Crippen molar-refractivity contribution in [3.63, 3.8) is 0 Å². The molecule has 1 amide bonds. The van der Waals surface area contributed by atoms with E-state index in [1.807, 2.05) is 23.1 Å². The molecule has 2 aromatic carbocycles. The summed E-state index contributed by atoms with van der Waals surface area (Å²) in [6, 6.07) is 14.2. The molecule has 2 aromatic rings. The van der Waals surface area contributed by atoms with Crippen molar-refractivity contribution in [3.05, 3.63) is 64.2 Å². The summed E-state index contributed by atoms with van der Waals surface area (Å²) in [6.07, 6.45) is 1.51. The number of hydrogen-bond donors (Lipinski definition) is 0. The summed E-state index contributed by atoms with van der Waals surface area (Å²) in [7, 11) is 0. The van der Waals surface area contributed by atoms with Crippen LogP contribution in [0.3, 0.4) is 0 Å². The molecule has 0 aromatic heterocycles. The molecule has 0 spiro atoms. The number of nitrogens with zero attached hydrogens (tertiary/aromatic N) is 1. The van der Waals surface area contributed by atoms with Crippen LogP contribution in [0.4, 0.5) is 5.69 Å². The van der Waals surface area contributed by atoms with E-state index in [0.29, 0.717) is 6.42 Å². The molecule has 0 saturated carbocycles. The van der Waals surface area contributed by atoms with E-state index in [0.717, 1.165) is 29.2 Å². The lowest BCUT2D eigenvalue weighted by molar-refractivity contribution is -0.119. The summed E-state index contributed by atoms with van der Waals surface area (Å²) in [5.74, 6) is 0.359. The Bertz CT molecular complexity index is 710. The minimum Gasteiger partial charge on any atom is -0.311 e. The third kappa shape index (κ3) is 1.68. The van der Waals surface area contributed by atoms with E-state index >= 15 is 0 Å². The monoisotopic (exact) mass is 283 g/mol. The number of amides is 1. The zero-order valence-electron chi connectivity index (χ0n) is 11.0. The molecule has 1 atom stereocenters. The van der Waals surface area contributed by atoms with Gasteiger partial charge in [0.1, 0.15) is 0 Å². The van der Waals surface area contributed by atoms with Gasteiger partial charge in [-0.25, -0.2) is 0 Å². The van der Waals surface area contributed by atoms with Crippen LogP contribution in [-0.4, -0.2) is 12.5 Å². The number of halogens is 1. The highest BCUT2D eigenvalue weighted by molar-refractivity contribution is 6.30. The molecule has 1 unspecified atom stereocenters. The molecule has 0 fully saturated rings. The number of rotatable bonds is 1. The van der Waals surface area contributed by atoms with Gasteiger partial charge in [0, 0.05) is 23.9 Å². The van der Waals surface area contributed by atoms with E-state index in [-0.39, 0.29) is 11.8 Å². The molecule has 0 radical (unpaired) electrons. The van der Waals surface area contributed by atoms with E-state index in [2.05, 4.69) is 24.3 Å². The van der Waals surface area contributed by atoms with Gasteiger partial charge in [-0.3, -0.25) is 4.79 Å². The van der Waals surface area contributed by atoms with Crippen LogP contribution in [0.2, 0.25) is 5.02 Å². The maximum absolute atomic E-state index is 12.4. The molecule has 4 rings (SSSR count). The second-order valence-corrected chi connectivity index (χ2v) is 5.90. The van der Waals surface area contributed by atoms with Crippen LogP contribution in [0, 0.1) is 0 Å². The SMILES string of the molecule is O=C1CC(c2cccc(Cl)c2)c2cccc3c2N1CC3. The standard InChI is InChI=1S/C17H14ClNO/c18-13-5-1-4-12(9-13)15-10-16(20)19-8-7-11-3-2-6-14(15)17(11)19/h1-6,9,15H,7-8,10H2. The van der Waals surface area contributed by atoms with Crippen molar-refractivity contribution in [2.24, 2.45) is 0 Å². The summed E-state index contributed by atoms with van der Waals surface area (Å²) in [5, 5.41) is 0.727. The molecule has 0 bridgehead atoms. The van der Waals surface area contributed by atoms with Gasteiger partial charge < -0.3 is 4.90 Å². The van der Waals surface area contributed by atoms with Crippen molar-refractivity contribution >= 4 is 23.2 Å². The Balaban J connectivity index is 1.90. The van der Waals surface area contributed by atoms with Gasteiger partial charge in [-0.2, -0.15) is 0 Å². The zero-order valence-corrected chi connectivity index (χ0v) is 11.7. The Morgan fingerprint density at radius 1 is 1.15 bits per heavy atom. The van der Waals surface area contributed by atoms with Crippen LogP contribution in [0.25, 0.3) is 0 Å². The normalized spacial score (nSPS) is 20.1. The summed E-state index contributed by atoms with van der Waals surface area (Å²) in [6.45, 7) is 0.827. The Labute approximate surface area is 123 Å². The smallest absolute Gasteiger partial charge is 0.227 e. The summed E-state index contributed by atoms with van der Waals surface area (Å²) < 4.78 is 0. The van der Waals surface area contributed by atoms with Crippen LogP contribution < -0.4 is 4.90 Å². The molecule has 3 heteroatoms. The molecule has 2 aliphatic heterocycles. The fourth-order valence-corrected chi connectivity index (χ4v) is 3.63. The van der Waals surface area contributed by atoms with E-state index in [4.69, 9.17) is 11.6 Å². The van der Waals surface area contributed by atoms with Gasteiger partial charge in [-0.15, -0.1) is 0 Å². The summed E-state index contributed by atoms with van der Waals surface area (Å²) >= 11 is 6.10. The first kappa shape index (κ1) is 12.0. The fraction of sp³-hybridized carbons (Fsp3) is 0.235. The molecule has 2 heterocycles. The molecule has 2 nitrogen and oxygen atoms in total. The first-order valence-corrected chi connectivity index (χ1v) is 7.29. The number of carbonyl (C=O) groups excluding carboxylic acids is 1. The summed E-state index contributed by atoms with van der Waals surface area (Å²) in [4.78, 5) is 14.3. The lowest BCUT2D eigenvalue weighted by Crippen LogP contribution is -2.34. The van der Waals surface area contributed by atoms with E-state index in [1.165, 1.54) is 11.1 Å². The summed E-state index contributed by atoms with van der Waals surface area (Å²) in [5.41, 5.74) is 4.84. The van der Waals surface area contributed by atoms with Gasteiger partial charge in [-0.05, 0) is 35.2 Å². The van der Waals surface area contributed by atoms with E-state index in [9.17, 15) is 4.79 Å². The van der Waals surface area contributed by atoms with Gasteiger partial charge in [0.25, 0.3) is 0 Å². The number of anilines is 1. The van der Waals surface area contributed by atoms with Crippen molar-refractivity contribution in [3.8, 4) is 0 Å². The average molecular weight is 284 g/mol. The largest absolute Gasteiger partial charge is 0.311 e. The van der Waals surface area contributed by atoms with Crippen LogP contribution in [0.15, 0.2) is 42.5 Å². The second-order valence-electron chi connectivity index (χ2n) is 5.46. The van der Waals surface area contributed by atoms with Crippen molar-refractivity contribution in [2.75, 3.05) is 11.4 Å². The number of benzene rings is 2. The van der Waals surface area contributed by atoms with Crippen molar-refractivity contribution in [1.82, 2.24) is 0 Å². The lowest BCUT2D eigenvalue weighted by atomic mass is 9.84. The van der Waals surface area contributed by atoms with Gasteiger partial charge in [0.15, 0.2) is 0 Å². The van der Waals surface area contributed by atoms with Gasteiger partial charge in [0.2, 0.25) is 5.91 Å². The fourth-order valence-electron chi connectivity index (χ4n) is 3.43. The maximum atomic E-state index is 12.4. The zero-order chi connectivity index (χ0) is 13.7. The van der Waals surface area contributed by atoms with Crippen molar-refractivity contribution < 1.29 is 4.79 Å². The Morgan fingerprint density at radius 2 is 2.00 bits per heavy atom. The molecular weight excluding hydrogens is 270 g/mol. The predicted molar refractivity (Wildman–Crippen MR) is 80.4 cm³/mol. The lowest BCUT2D eigenvalue weighted by Gasteiger charge is -2.31. The quantitative estimate of drug-likeness (QED) is 0.780. The molecular formula is C17H14ClNO. The first-order valence-electron chi connectivity index (χ1n) is 6.91. The molecule has 0 saturated heterocycles. The number of hydrogen-bond acceptors (Lipinski definition) is 1. The molecule has 20 heavy (non-hydrogen) atoms. The topological polar surface area (TPSA) is 20.3 Å². The predicted octanol–water partition coefficient (Wildman–Crippen LogP) is 3.76. The Kier molecular flexibility index (Phi) is 2.61. The Hall–Kier alpha value is -1.80. The molecule has 0 aliphatic carbocycles. The second kappa shape index (κ2) is 4.35. The van der Waals surface area contributed by atoms with Crippen LogP contribution >= 0.6 is 11.6 Å². The minimum atomic E-state index is 0.130. The maximum Gasteiger partial charge on any atom is 0.227 e. The highest BCUT2D eigenvalue weighted by Crippen LogP contribution is 2.44. The number of carbonyl (C=O) groups is 1. The first-order chi connectivity index (χ1) is 9.74. The van der Waals surface area contributed by atoms with Crippen molar-refractivity contribution in [1.29, 1.82) is 0 Å². The Morgan fingerprint density at radius 3 is 2.85 bits per heavy atom. The van der Waals surface area contributed by atoms with Crippen LogP contribution in [0.5, 0.6) is 0 Å². The van der Waals surface area contributed by atoms with Gasteiger partial charge in [0.05, 0.1) is 5.69 Å². The van der Waals surface area contributed by atoms with Crippen LogP contribution in [0.1, 0.15) is 29.0 Å². The highest BCUT2D eigenvalue weighted by atomic mass is 35.5. The van der Waals surface area contributed by atoms with Gasteiger partial charge in [-0.1, -0.05) is 41.9 Å². The van der Waals surface area contributed by atoms with Gasteiger partial charge >= 0.3 is 0 Å². The molecule has 2 aliphatic rings. The highest BCUT2D eigenvalue weighted by Gasteiger charge is 2.36. The third-order valence-corrected chi connectivity index (χ3v) is 4.57. The van der Waals surface area contributed by atoms with E-state index in [1.54, 1.807) is 0 Å². The number of para-hydroxylation sites is 1. The molecule has 0 N–H and O–H groups in total. The van der Waals surface area contributed by atoms with Crippen LogP contribution in [-0.2, 0) is 11.2 Å². The molecule has 100 valence electrons. The van der Waals surface area contributed by atoms with Crippen molar-refractivity contribution in [2.45, 2.75) is 18.8 Å². The third-order valence-electron chi connectivity index (χ3n) is 4.33.